The van der Waals surface area contributed by atoms with Crippen molar-refractivity contribution in [2.75, 3.05) is 6.54 Å². The monoisotopic (exact) mass is 435 g/mol. The van der Waals surface area contributed by atoms with Gasteiger partial charge in [0, 0.05) is 6.54 Å². The van der Waals surface area contributed by atoms with Gasteiger partial charge in [-0.1, -0.05) is 44.2 Å². The molecule has 1 aliphatic rings. The summed E-state index contributed by atoms with van der Waals surface area (Å²) in [6, 6.07) is 10.00. The van der Waals surface area contributed by atoms with Gasteiger partial charge in [0.05, 0.1) is 12.7 Å². The maximum absolute atomic E-state index is 12.9. The third-order valence-electron chi connectivity index (χ3n) is 5.63. The number of aryl methyl sites for hydroxylation is 1. The van der Waals surface area contributed by atoms with Crippen molar-refractivity contribution in [2.45, 2.75) is 68.9 Å². The van der Waals surface area contributed by atoms with E-state index in [1.54, 1.807) is 12.1 Å². The highest BCUT2D eigenvalue weighted by molar-refractivity contribution is 7.91. The van der Waals surface area contributed by atoms with Crippen molar-refractivity contribution < 1.29 is 22.0 Å². The molecule has 0 radical (unpaired) electrons. The number of hydrogen-bond donors (Lipinski definition) is 0. The minimum Gasteiger partial charge on any atom is -0.468 e. The molecule has 1 saturated heterocycles. The summed E-state index contributed by atoms with van der Waals surface area (Å²) in [5.74, 6) is -0.0236. The second-order valence-electron chi connectivity index (χ2n) is 7.98. The zero-order chi connectivity index (χ0) is 21.4. The molecule has 1 atom stereocenters. The summed E-state index contributed by atoms with van der Waals surface area (Å²) in [4.78, 5) is 13.4. The molecule has 2 heterocycles. The van der Waals surface area contributed by atoms with E-state index in [4.69, 9.17) is 4.42 Å². The number of unbranched alkanes of at least 4 members (excludes halogenated alkanes) is 6. The first-order valence-corrected chi connectivity index (χ1v) is 12.4. The van der Waals surface area contributed by atoms with Gasteiger partial charge in [0.25, 0.3) is 0 Å². The third-order valence-corrected chi connectivity index (χ3v) is 7.57. The first-order chi connectivity index (χ1) is 14.5. The van der Waals surface area contributed by atoms with Crippen LogP contribution < -0.4 is 0 Å². The summed E-state index contributed by atoms with van der Waals surface area (Å²) in [7, 11) is -3.42. The van der Waals surface area contributed by atoms with Gasteiger partial charge in [0.15, 0.2) is 9.84 Å². The predicted molar refractivity (Wildman–Crippen MR) is 114 cm³/mol. The largest absolute Gasteiger partial charge is 0.468 e. The number of carbonyl (C=O) groups excluding carboxylic acids is 1. The van der Waals surface area contributed by atoms with Crippen molar-refractivity contribution in [1.29, 1.82) is 0 Å². The average Bonchev–Trinajstić information content (AvgIpc) is 3.21. The van der Waals surface area contributed by atoms with Crippen LogP contribution in [0.25, 0.3) is 0 Å². The first-order valence-electron chi connectivity index (χ1n) is 10.7. The van der Waals surface area contributed by atoms with Gasteiger partial charge in [-0.2, -0.15) is 0 Å². The summed E-state index contributed by atoms with van der Waals surface area (Å²) in [6.07, 6.45) is 9.96. The molecule has 2 aromatic rings. The number of amides is 1. The van der Waals surface area contributed by atoms with E-state index < -0.39 is 15.2 Å². The Bertz CT molecular complexity index is 894. The van der Waals surface area contributed by atoms with Gasteiger partial charge in [0.2, 0.25) is 5.91 Å². The number of carbonyl (C=O) groups is 1. The van der Waals surface area contributed by atoms with Crippen LogP contribution in [0.3, 0.4) is 0 Å². The highest BCUT2D eigenvalue weighted by Gasteiger charge is 2.44. The molecule has 5 nitrogen and oxygen atoms in total. The number of rotatable bonds is 13. The van der Waals surface area contributed by atoms with Crippen LogP contribution in [0.5, 0.6) is 0 Å². The lowest BCUT2D eigenvalue weighted by Crippen LogP contribution is -2.56. The average molecular weight is 436 g/mol. The van der Waals surface area contributed by atoms with Crippen LogP contribution >= 0.6 is 0 Å². The van der Waals surface area contributed by atoms with E-state index in [0.29, 0.717) is 12.3 Å². The van der Waals surface area contributed by atoms with E-state index in [1.807, 2.05) is 12.1 Å². The van der Waals surface area contributed by atoms with Gasteiger partial charge in [-0.05, 0) is 49.1 Å². The molecular formula is C23H30FNO4S. The number of sulfone groups is 1. The Morgan fingerprint density at radius 2 is 1.63 bits per heavy atom. The highest BCUT2D eigenvalue weighted by Crippen LogP contribution is 2.27. The molecule has 1 aromatic heterocycles. The number of likely N-dealkylation sites (tertiary alicyclic amines) is 1. The molecule has 3 rings (SSSR count). The molecule has 7 heteroatoms. The standard InChI is InChI=1S/C23H30FNO4S/c24-20-13-11-19(12-14-20)9-6-4-2-1-3-5-7-15-25-22(26)17-23(25)30(27,28)18-21-10-8-16-29-21/h8,10-14,16,23H,1-7,9,15,17-18H2. The quantitative estimate of drug-likeness (QED) is 0.333. The zero-order valence-corrected chi connectivity index (χ0v) is 18.1. The van der Waals surface area contributed by atoms with E-state index in [0.717, 1.165) is 51.4 Å². The van der Waals surface area contributed by atoms with Crippen molar-refractivity contribution in [1.82, 2.24) is 4.90 Å². The molecule has 0 aliphatic carbocycles. The van der Waals surface area contributed by atoms with Crippen molar-refractivity contribution in [3.63, 3.8) is 0 Å². The van der Waals surface area contributed by atoms with Crippen molar-refractivity contribution in [2.24, 2.45) is 0 Å². The van der Waals surface area contributed by atoms with Gasteiger partial charge < -0.3 is 9.32 Å². The molecule has 0 N–H and O–H groups in total. The maximum Gasteiger partial charge on any atom is 0.226 e. The zero-order valence-electron chi connectivity index (χ0n) is 17.3. The Morgan fingerprint density at radius 3 is 2.27 bits per heavy atom. The highest BCUT2D eigenvalue weighted by atomic mass is 32.2. The van der Waals surface area contributed by atoms with E-state index in [-0.39, 0.29) is 23.9 Å². The Balaban J connectivity index is 1.26. The van der Waals surface area contributed by atoms with E-state index >= 15 is 0 Å². The van der Waals surface area contributed by atoms with Gasteiger partial charge in [-0.3, -0.25) is 4.79 Å². The van der Waals surface area contributed by atoms with Crippen LogP contribution in [0, 0.1) is 5.82 Å². The van der Waals surface area contributed by atoms with Crippen LogP contribution in [0.1, 0.15) is 62.7 Å². The van der Waals surface area contributed by atoms with Crippen LogP contribution in [0.2, 0.25) is 0 Å². The molecule has 0 saturated carbocycles. The van der Waals surface area contributed by atoms with E-state index in [9.17, 15) is 17.6 Å². The molecular weight excluding hydrogens is 405 g/mol. The first kappa shape index (κ1) is 22.5. The number of β-lactam (4-membered cyclic amide) rings is 1. The lowest BCUT2D eigenvalue weighted by Gasteiger charge is -2.39. The van der Waals surface area contributed by atoms with E-state index in [2.05, 4.69) is 0 Å². The second kappa shape index (κ2) is 10.8. The van der Waals surface area contributed by atoms with Gasteiger partial charge in [-0.25, -0.2) is 12.8 Å². The fraction of sp³-hybridized carbons (Fsp3) is 0.522. The minimum atomic E-state index is -3.42. The summed E-state index contributed by atoms with van der Waals surface area (Å²) < 4.78 is 43.0. The fourth-order valence-corrected chi connectivity index (χ4v) is 5.61. The molecule has 1 unspecified atom stereocenters. The number of benzene rings is 1. The Kier molecular flexibility index (Phi) is 8.08. The molecule has 0 bridgehead atoms. The molecule has 0 spiro atoms. The van der Waals surface area contributed by atoms with Crippen LogP contribution in [-0.4, -0.2) is 31.1 Å². The lowest BCUT2D eigenvalue weighted by atomic mass is 10.0. The SMILES string of the molecule is O=C1CC(S(=O)(=O)Cc2ccco2)N1CCCCCCCCCc1ccc(F)cc1. The normalized spacial score (nSPS) is 16.6. The van der Waals surface area contributed by atoms with Gasteiger partial charge in [0.1, 0.15) is 22.7 Å². The van der Waals surface area contributed by atoms with Gasteiger partial charge >= 0.3 is 0 Å². The Labute approximate surface area is 178 Å². The predicted octanol–water partition coefficient (Wildman–Crippen LogP) is 4.87. The molecule has 1 aromatic carbocycles. The summed E-state index contributed by atoms with van der Waals surface area (Å²) in [5, 5.41) is -0.707. The summed E-state index contributed by atoms with van der Waals surface area (Å²) >= 11 is 0. The number of furan rings is 1. The Hall–Kier alpha value is -2.15. The molecule has 1 amide bonds. The van der Waals surface area contributed by atoms with Crippen LogP contribution in [0.15, 0.2) is 47.1 Å². The van der Waals surface area contributed by atoms with Crippen molar-refractivity contribution in [3.05, 3.63) is 59.8 Å². The van der Waals surface area contributed by atoms with Crippen molar-refractivity contribution >= 4 is 15.7 Å². The molecule has 1 fully saturated rings. The Morgan fingerprint density at radius 1 is 0.967 bits per heavy atom. The smallest absolute Gasteiger partial charge is 0.226 e. The van der Waals surface area contributed by atoms with E-state index in [1.165, 1.54) is 28.9 Å². The maximum atomic E-state index is 12.9. The third kappa shape index (κ3) is 6.42. The molecule has 30 heavy (non-hydrogen) atoms. The fourth-order valence-electron chi connectivity index (χ4n) is 3.85. The number of nitrogens with zero attached hydrogens (tertiary/aromatic N) is 1. The van der Waals surface area contributed by atoms with Gasteiger partial charge in [-0.15, -0.1) is 0 Å². The number of halogens is 1. The second-order valence-corrected chi connectivity index (χ2v) is 10.1. The summed E-state index contributed by atoms with van der Waals surface area (Å²) in [6.45, 7) is 0.505. The number of hydrogen-bond acceptors (Lipinski definition) is 4. The minimum absolute atomic E-state index is 0.0798. The van der Waals surface area contributed by atoms with Crippen LogP contribution in [0.4, 0.5) is 4.39 Å². The van der Waals surface area contributed by atoms with Crippen LogP contribution in [-0.2, 0) is 26.8 Å². The summed E-state index contributed by atoms with van der Waals surface area (Å²) in [5.41, 5.74) is 1.17. The topological polar surface area (TPSA) is 67.6 Å². The lowest BCUT2D eigenvalue weighted by molar-refractivity contribution is -0.141. The molecule has 1 aliphatic heterocycles. The van der Waals surface area contributed by atoms with Crippen molar-refractivity contribution in [3.8, 4) is 0 Å². The molecule has 164 valence electrons.